The molecular weight excluding hydrogens is 126 g/mol. The van der Waals surface area contributed by atoms with Crippen molar-refractivity contribution in [3.05, 3.63) is 0 Å². The Kier molecular flexibility index (Phi) is 3.19. The molecule has 0 bridgehead atoms. The zero-order chi connectivity index (χ0) is 8.20. The molecule has 4 N–H and O–H groups in total. The lowest BCUT2D eigenvalue weighted by molar-refractivity contribution is 0.473. The lowest BCUT2D eigenvalue weighted by Crippen LogP contribution is -2.29. The Hall–Kier alpha value is -0.730. The molecule has 0 aliphatic rings. The third-order valence-corrected chi connectivity index (χ3v) is 1.29. The topological polar surface area (TPSA) is 64.4 Å². The molecule has 0 spiro atoms. The van der Waals surface area contributed by atoms with Crippen molar-refractivity contribution in [2.24, 2.45) is 16.5 Å². The molecule has 0 aliphatic carbocycles. The maximum absolute atomic E-state index is 5.24. The van der Waals surface area contributed by atoms with Gasteiger partial charge in [-0.05, 0) is 20.3 Å². The highest BCUT2D eigenvalue weighted by Crippen LogP contribution is 2.15. The van der Waals surface area contributed by atoms with Crippen molar-refractivity contribution < 1.29 is 0 Å². The molecule has 0 radical (unpaired) electrons. The van der Waals surface area contributed by atoms with E-state index in [4.69, 9.17) is 11.5 Å². The van der Waals surface area contributed by atoms with Crippen molar-refractivity contribution in [2.75, 3.05) is 0 Å². The van der Waals surface area contributed by atoms with E-state index in [2.05, 4.69) is 11.9 Å². The molecule has 3 nitrogen and oxygen atoms in total. The van der Waals surface area contributed by atoms with Gasteiger partial charge >= 0.3 is 0 Å². The van der Waals surface area contributed by atoms with E-state index in [1.165, 1.54) is 0 Å². The maximum Gasteiger partial charge on any atom is 0.186 e. The number of hydrogen-bond donors (Lipinski definition) is 2. The standard InChI is InChI=1S/C7H17N3/c1-4-5-7(2,3)10-6(8)9/h4-5H2,1-3H3,(H4,8,9,10). The minimum absolute atomic E-state index is 0.0897. The van der Waals surface area contributed by atoms with Crippen LogP contribution in [0, 0.1) is 0 Å². The van der Waals surface area contributed by atoms with Crippen LogP contribution in [0.3, 0.4) is 0 Å². The normalized spacial score (nSPS) is 11.1. The van der Waals surface area contributed by atoms with E-state index < -0.39 is 0 Å². The highest BCUT2D eigenvalue weighted by molar-refractivity contribution is 5.76. The van der Waals surface area contributed by atoms with Gasteiger partial charge in [0.15, 0.2) is 5.96 Å². The summed E-state index contributed by atoms with van der Waals surface area (Å²) in [6.07, 6.45) is 2.12. The van der Waals surface area contributed by atoms with E-state index in [-0.39, 0.29) is 11.5 Å². The second-order valence-corrected chi connectivity index (χ2v) is 3.10. The quantitative estimate of drug-likeness (QED) is 0.454. The predicted molar refractivity (Wildman–Crippen MR) is 44.8 cm³/mol. The lowest BCUT2D eigenvalue weighted by atomic mass is 10.0. The zero-order valence-electron chi connectivity index (χ0n) is 7.02. The highest BCUT2D eigenvalue weighted by Gasteiger charge is 2.13. The van der Waals surface area contributed by atoms with Gasteiger partial charge in [-0.1, -0.05) is 13.3 Å². The molecule has 0 aromatic rings. The molecule has 0 aromatic carbocycles. The lowest BCUT2D eigenvalue weighted by Gasteiger charge is -2.18. The minimum atomic E-state index is -0.0897. The minimum Gasteiger partial charge on any atom is -0.370 e. The van der Waals surface area contributed by atoms with E-state index in [0.29, 0.717) is 0 Å². The summed E-state index contributed by atoms with van der Waals surface area (Å²) in [5, 5.41) is 0. The molecule has 3 heteroatoms. The van der Waals surface area contributed by atoms with Gasteiger partial charge in [0.05, 0.1) is 5.54 Å². The van der Waals surface area contributed by atoms with Crippen molar-refractivity contribution in [1.29, 1.82) is 0 Å². The van der Waals surface area contributed by atoms with Crippen LogP contribution in [0.4, 0.5) is 0 Å². The van der Waals surface area contributed by atoms with Gasteiger partial charge in [-0.25, -0.2) is 4.99 Å². The van der Waals surface area contributed by atoms with Crippen LogP contribution in [-0.4, -0.2) is 11.5 Å². The monoisotopic (exact) mass is 143 g/mol. The molecule has 0 atom stereocenters. The Morgan fingerprint density at radius 3 is 2.20 bits per heavy atom. The molecule has 0 saturated heterocycles. The Labute approximate surface area is 62.5 Å². The fourth-order valence-electron chi connectivity index (χ4n) is 1.02. The van der Waals surface area contributed by atoms with Crippen LogP contribution in [0.15, 0.2) is 4.99 Å². The summed E-state index contributed by atoms with van der Waals surface area (Å²) in [6.45, 7) is 6.16. The van der Waals surface area contributed by atoms with Crippen LogP contribution in [0.25, 0.3) is 0 Å². The van der Waals surface area contributed by atoms with Crippen molar-refractivity contribution in [3.8, 4) is 0 Å². The average Bonchev–Trinajstić information content (AvgIpc) is 1.59. The molecular formula is C7H17N3. The molecule has 0 saturated carbocycles. The summed E-state index contributed by atoms with van der Waals surface area (Å²) >= 11 is 0. The third kappa shape index (κ3) is 4.18. The van der Waals surface area contributed by atoms with E-state index >= 15 is 0 Å². The molecule has 0 rings (SSSR count). The summed E-state index contributed by atoms with van der Waals surface area (Å²) in [5.41, 5.74) is 10.4. The molecule has 0 aliphatic heterocycles. The summed E-state index contributed by atoms with van der Waals surface area (Å²) < 4.78 is 0. The first-order valence-corrected chi connectivity index (χ1v) is 3.59. The summed E-state index contributed by atoms with van der Waals surface area (Å²) in [7, 11) is 0. The molecule has 0 fully saturated rings. The molecule has 0 heterocycles. The first-order valence-electron chi connectivity index (χ1n) is 3.59. The van der Waals surface area contributed by atoms with Crippen LogP contribution < -0.4 is 11.5 Å². The highest BCUT2D eigenvalue weighted by atomic mass is 15.0. The van der Waals surface area contributed by atoms with Crippen LogP contribution in [0.5, 0.6) is 0 Å². The third-order valence-electron chi connectivity index (χ3n) is 1.29. The largest absolute Gasteiger partial charge is 0.370 e. The molecule has 60 valence electrons. The van der Waals surface area contributed by atoms with Crippen molar-refractivity contribution in [3.63, 3.8) is 0 Å². The van der Waals surface area contributed by atoms with Crippen molar-refractivity contribution >= 4 is 5.96 Å². The molecule has 10 heavy (non-hydrogen) atoms. The Morgan fingerprint density at radius 1 is 1.40 bits per heavy atom. The summed E-state index contributed by atoms with van der Waals surface area (Å²) in [6, 6.07) is 0. The van der Waals surface area contributed by atoms with Gasteiger partial charge in [0.25, 0.3) is 0 Å². The van der Waals surface area contributed by atoms with Gasteiger partial charge in [0.2, 0.25) is 0 Å². The van der Waals surface area contributed by atoms with Crippen LogP contribution in [0.2, 0.25) is 0 Å². The number of guanidine groups is 1. The smallest absolute Gasteiger partial charge is 0.186 e. The Bertz CT molecular complexity index is 123. The second kappa shape index (κ2) is 3.44. The number of aliphatic imine (C=N–C) groups is 1. The van der Waals surface area contributed by atoms with E-state index in [0.717, 1.165) is 12.8 Å². The first-order chi connectivity index (χ1) is 4.48. The Morgan fingerprint density at radius 2 is 1.90 bits per heavy atom. The van der Waals surface area contributed by atoms with Gasteiger partial charge in [0, 0.05) is 0 Å². The number of rotatable bonds is 3. The second-order valence-electron chi connectivity index (χ2n) is 3.10. The van der Waals surface area contributed by atoms with Crippen molar-refractivity contribution in [2.45, 2.75) is 39.2 Å². The molecule has 0 unspecified atom stereocenters. The predicted octanol–water partition coefficient (Wildman–Crippen LogP) is 0.839. The van der Waals surface area contributed by atoms with E-state index in [1.807, 2.05) is 13.8 Å². The van der Waals surface area contributed by atoms with Gasteiger partial charge in [-0.2, -0.15) is 0 Å². The van der Waals surface area contributed by atoms with E-state index in [9.17, 15) is 0 Å². The average molecular weight is 143 g/mol. The van der Waals surface area contributed by atoms with E-state index in [1.54, 1.807) is 0 Å². The number of hydrogen-bond acceptors (Lipinski definition) is 1. The number of nitrogens with two attached hydrogens (primary N) is 2. The van der Waals surface area contributed by atoms with Crippen LogP contribution in [-0.2, 0) is 0 Å². The fraction of sp³-hybridized carbons (Fsp3) is 0.857. The maximum atomic E-state index is 5.24. The fourth-order valence-corrected chi connectivity index (χ4v) is 1.02. The van der Waals surface area contributed by atoms with Gasteiger partial charge in [0.1, 0.15) is 0 Å². The molecule has 0 aromatic heterocycles. The SMILES string of the molecule is CCCC(C)(C)N=C(N)N. The van der Waals surface area contributed by atoms with Crippen molar-refractivity contribution in [1.82, 2.24) is 0 Å². The van der Waals surface area contributed by atoms with Crippen LogP contribution in [0.1, 0.15) is 33.6 Å². The van der Waals surface area contributed by atoms with Crippen LogP contribution >= 0.6 is 0 Å². The van der Waals surface area contributed by atoms with Gasteiger partial charge < -0.3 is 11.5 Å². The van der Waals surface area contributed by atoms with Gasteiger partial charge in [-0.3, -0.25) is 0 Å². The van der Waals surface area contributed by atoms with Gasteiger partial charge in [-0.15, -0.1) is 0 Å². The first kappa shape index (κ1) is 9.27. The Balaban J connectivity index is 3.98. The molecule has 0 amide bonds. The zero-order valence-corrected chi connectivity index (χ0v) is 7.02. The summed E-state index contributed by atoms with van der Waals surface area (Å²) in [4.78, 5) is 4.07. The number of nitrogens with zero attached hydrogens (tertiary/aromatic N) is 1. The summed E-state index contributed by atoms with van der Waals surface area (Å²) in [5.74, 6) is 0.179.